The maximum atomic E-state index is 13.3. The van der Waals surface area contributed by atoms with E-state index in [0.717, 1.165) is 0 Å². The van der Waals surface area contributed by atoms with Crippen molar-refractivity contribution in [3.8, 4) is 11.3 Å². The summed E-state index contributed by atoms with van der Waals surface area (Å²) in [6.45, 7) is -1.21. The molecule has 0 fully saturated rings. The van der Waals surface area contributed by atoms with E-state index in [0.29, 0.717) is 16.3 Å². The van der Waals surface area contributed by atoms with Crippen molar-refractivity contribution >= 4 is 11.6 Å². The molecule has 0 bridgehead atoms. The van der Waals surface area contributed by atoms with E-state index in [2.05, 4.69) is 4.98 Å². The third-order valence-corrected chi connectivity index (χ3v) is 2.89. The molecule has 2 aromatic rings. The van der Waals surface area contributed by atoms with Crippen LogP contribution in [0.2, 0.25) is 5.02 Å². The topological polar surface area (TPSA) is 43.8 Å². The SMILES string of the molecule is NCC(F)(F)Cn1cncc1-c1ccccc1Cl. The fourth-order valence-corrected chi connectivity index (χ4v) is 1.89. The Morgan fingerprint density at radius 2 is 2.06 bits per heavy atom. The average molecular weight is 272 g/mol. The van der Waals surface area contributed by atoms with Gasteiger partial charge >= 0.3 is 0 Å². The van der Waals surface area contributed by atoms with Crippen molar-refractivity contribution in [2.45, 2.75) is 12.5 Å². The summed E-state index contributed by atoms with van der Waals surface area (Å²) in [7, 11) is 0. The predicted molar refractivity (Wildman–Crippen MR) is 66.7 cm³/mol. The maximum Gasteiger partial charge on any atom is 0.277 e. The van der Waals surface area contributed by atoms with E-state index in [1.54, 1.807) is 24.3 Å². The highest BCUT2D eigenvalue weighted by molar-refractivity contribution is 6.33. The van der Waals surface area contributed by atoms with Crippen molar-refractivity contribution in [2.24, 2.45) is 5.73 Å². The highest BCUT2D eigenvalue weighted by Crippen LogP contribution is 2.28. The molecule has 0 aliphatic heterocycles. The molecule has 0 atom stereocenters. The van der Waals surface area contributed by atoms with E-state index in [9.17, 15) is 8.78 Å². The molecule has 1 heterocycles. The largest absolute Gasteiger partial charge is 0.325 e. The van der Waals surface area contributed by atoms with Crippen LogP contribution >= 0.6 is 11.6 Å². The lowest BCUT2D eigenvalue weighted by Gasteiger charge is -2.16. The Morgan fingerprint density at radius 1 is 1.33 bits per heavy atom. The molecule has 0 aliphatic rings. The number of benzene rings is 1. The number of imidazole rings is 1. The van der Waals surface area contributed by atoms with E-state index >= 15 is 0 Å². The first-order valence-corrected chi connectivity index (χ1v) is 5.74. The smallest absolute Gasteiger partial charge is 0.277 e. The average Bonchev–Trinajstić information content (AvgIpc) is 2.77. The zero-order valence-electron chi connectivity index (χ0n) is 9.48. The third-order valence-electron chi connectivity index (χ3n) is 2.56. The number of hydrogen-bond acceptors (Lipinski definition) is 2. The van der Waals surface area contributed by atoms with Crippen LogP contribution in [0, 0.1) is 0 Å². The molecule has 6 heteroatoms. The van der Waals surface area contributed by atoms with E-state index in [4.69, 9.17) is 17.3 Å². The number of alkyl halides is 2. The number of nitrogens with two attached hydrogens (primary N) is 1. The van der Waals surface area contributed by atoms with Gasteiger partial charge in [0.2, 0.25) is 0 Å². The molecule has 0 saturated carbocycles. The van der Waals surface area contributed by atoms with Gasteiger partial charge in [-0.2, -0.15) is 0 Å². The van der Waals surface area contributed by atoms with Gasteiger partial charge in [0.15, 0.2) is 0 Å². The van der Waals surface area contributed by atoms with Crippen LogP contribution in [-0.4, -0.2) is 22.0 Å². The molecule has 2 rings (SSSR count). The monoisotopic (exact) mass is 271 g/mol. The fraction of sp³-hybridized carbons (Fsp3) is 0.250. The number of aromatic nitrogens is 2. The summed E-state index contributed by atoms with van der Waals surface area (Å²) in [6, 6.07) is 7.03. The first kappa shape index (κ1) is 13.0. The lowest BCUT2D eigenvalue weighted by molar-refractivity contribution is -0.00624. The maximum absolute atomic E-state index is 13.3. The normalized spacial score (nSPS) is 11.8. The third kappa shape index (κ3) is 2.68. The Bertz CT molecular complexity index is 540. The Kier molecular flexibility index (Phi) is 3.63. The summed E-state index contributed by atoms with van der Waals surface area (Å²) < 4.78 is 28.0. The molecule has 96 valence electrons. The minimum Gasteiger partial charge on any atom is -0.325 e. The first-order valence-electron chi connectivity index (χ1n) is 5.36. The van der Waals surface area contributed by atoms with Gasteiger partial charge in [-0.05, 0) is 6.07 Å². The van der Waals surface area contributed by atoms with Gasteiger partial charge in [0.05, 0.1) is 31.3 Å². The molecular formula is C12H12ClF2N3. The van der Waals surface area contributed by atoms with Crippen LogP contribution in [0.1, 0.15) is 0 Å². The zero-order valence-corrected chi connectivity index (χ0v) is 10.2. The van der Waals surface area contributed by atoms with Crippen molar-refractivity contribution in [3.05, 3.63) is 41.8 Å². The van der Waals surface area contributed by atoms with Crippen molar-refractivity contribution in [3.63, 3.8) is 0 Å². The Labute approximate surface area is 108 Å². The van der Waals surface area contributed by atoms with Crippen LogP contribution in [0.3, 0.4) is 0 Å². The van der Waals surface area contributed by atoms with Gasteiger partial charge in [0.1, 0.15) is 0 Å². The van der Waals surface area contributed by atoms with Crippen LogP contribution in [-0.2, 0) is 6.54 Å². The Morgan fingerprint density at radius 3 is 2.72 bits per heavy atom. The second-order valence-electron chi connectivity index (χ2n) is 3.95. The second-order valence-corrected chi connectivity index (χ2v) is 4.35. The number of rotatable bonds is 4. The van der Waals surface area contributed by atoms with Gasteiger partial charge in [0.25, 0.3) is 5.92 Å². The van der Waals surface area contributed by atoms with E-state index < -0.39 is 19.0 Å². The number of hydrogen-bond donors (Lipinski definition) is 1. The molecule has 0 aliphatic carbocycles. The summed E-state index contributed by atoms with van der Waals surface area (Å²) in [5.74, 6) is -2.96. The van der Waals surface area contributed by atoms with Gasteiger partial charge in [-0.1, -0.05) is 29.8 Å². The van der Waals surface area contributed by atoms with Crippen LogP contribution in [0.5, 0.6) is 0 Å². The molecule has 0 radical (unpaired) electrons. The van der Waals surface area contributed by atoms with E-state index in [1.165, 1.54) is 17.1 Å². The van der Waals surface area contributed by atoms with Gasteiger partial charge in [-0.15, -0.1) is 0 Å². The number of nitrogens with zero attached hydrogens (tertiary/aromatic N) is 2. The molecular weight excluding hydrogens is 260 g/mol. The fourth-order valence-electron chi connectivity index (χ4n) is 1.65. The van der Waals surface area contributed by atoms with E-state index in [-0.39, 0.29) is 0 Å². The lowest BCUT2D eigenvalue weighted by atomic mass is 10.1. The Balaban J connectivity index is 2.37. The molecule has 0 amide bonds. The molecule has 2 N–H and O–H groups in total. The standard InChI is InChI=1S/C12H12ClF2N3/c13-10-4-2-1-3-9(10)11-5-17-8-18(11)7-12(14,15)6-16/h1-5,8H,6-7,16H2. The molecule has 1 aromatic heterocycles. The van der Waals surface area contributed by atoms with Crippen LogP contribution in [0.15, 0.2) is 36.8 Å². The highest BCUT2D eigenvalue weighted by atomic mass is 35.5. The molecule has 0 spiro atoms. The minimum atomic E-state index is -2.96. The summed E-state index contributed by atoms with van der Waals surface area (Å²) in [5.41, 5.74) is 6.25. The second kappa shape index (κ2) is 5.04. The quantitative estimate of drug-likeness (QED) is 0.929. The van der Waals surface area contributed by atoms with Crippen molar-refractivity contribution in [1.29, 1.82) is 0 Å². The van der Waals surface area contributed by atoms with Gasteiger partial charge in [-0.3, -0.25) is 0 Å². The molecule has 0 saturated heterocycles. The summed E-state index contributed by atoms with van der Waals surface area (Å²) >= 11 is 6.04. The molecule has 0 unspecified atom stereocenters. The molecule has 3 nitrogen and oxygen atoms in total. The first-order chi connectivity index (χ1) is 8.53. The van der Waals surface area contributed by atoms with Crippen LogP contribution in [0.25, 0.3) is 11.3 Å². The summed E-state index contributed by atoms with van der Waals surface area (Å²) in [4.78, 5) is 3.89. The van der Waals surface area contributed by atoms with Crippen molar-refractivity contribution in [1.82, 2.24) is 9.55 Å². The van der Waals surface area contributed by atoms with Gasteiger partial charge < -0.3 is 10.3 Å². The van der Waals surface area contributed by atoms with Crippen LogP contribution in [0.4, 0.5) is 8.78 Å². The number of halogens is 3. The van der Waals surface area contributed by atoms with Gasteiger partial charge in [-0.25, -0.2) is 13.8 Å². The highest BCUT2D eigenvalue weighted by Gasteiger charge is 2.28. The van der Waals surface area contributed by atoms with Crippen LogP contribution < -0.4 is 5.73 Å². The zero-order chi connectivity index (χ0) is 13.2. The summed E-state index contributed by atoms with van der Waals surface area (Å²) in [5, 5.41) is 0.496. The molecule has 18 heavy (non-hydrogen) atoms. The van der Waals surface area contributed by atoms with Crippen molar-refractivity contribution in [2.75, 3.05) is 6.54 Å². The molecule has 1 aromatic carbocycles. The van der Waals surface area contributed by atoms with Gasteiger partial charge in [0, 0.05) is 10.6 Å². The predicted octanol–water partition coefficient (Wildman–Crippen LogP) is 2.80. The Hall–Kier alpha value is -1.46. The van der Waals surface area contributed by atoms with Crippen molar-refractivity contribution < 1.29 is 8.78 Å². The summed E-state index contributed by atoms with van der Waals surface area (Å²) in [6.07, 6.45) is 2.86. The lowest BCUT2D eigenvalue weighted by Crippen LogP contribution is -2.32. The van der Waals surface area contributed by atoms with E-state index in [1.807, 2.05) is 0 Å². The minimum absolute atomic E-state index is 0.496.